The summed E-state index contributed by atoms with van der Waals surface area (Å²) in [6.45, 7) is 3.43. The van der Waals surface area contributed by atoms with Gasteiger partial charge in [0.25, 0.3) is 0 Å². The Morgan fingerprint density at radius 3 is 2.59 bits per heavy atom. The average molecular weight is 319 g/mol. The molecule has 116 valence electrons. The second kappa shape index (κ2) is 7.41. The number of hydrogen-bond acceptors (Lipinski definition) is 3. The number of ketones is 1. The number of rotatable bonds is 6. The van der Waals surface area contributed by atoms with Gasteiger partial charge in [-0.3, -0.25) is 9.59 Å². The molecule has 0 radical (unpaired) electrons. The number of aryl methyl sites for hydroxylation is 1. The van der Waals surface area contributed by atoms with Gasteiger partial charge < -0.3 is 4.74 Å². The maximum atomic E-state index is 11.8. The van der Waals surface area contributed by atoms with Gasteiger partial charge in [-0.25, -0.2) is 0 Å². The van der Waals surface area contributed by atoms with E-state index in [1.54, 1.807) is 6.92 Å². The Bertz CT molecular complexity index is 694. The van der Waals surface area contributed by atoms with Gasteiger partial charge in [0.2, 0.25) is 0 Å². The van der Waals surface area contributed by atoms with Crippen molar-refractivity contribution >= 4 is 34.1 Å². The van der Waals surface area contributed by atoms with Crippen molar-refractivity contribution in [2.45, 2.75) is 26.7 Å². The van der Waals surface area contributed by atoms with Crippen molar-refractivity contribution < 1.29 is 14.3 Å². The van der Waals surface area contributed by atoms with Crippen LogP contribution in [0.2, 0.25) is 5.02 Å². The molecule has 0 amide bonds. The maximum absolute atomic E-state index is 11.8. The van der Waals surface area contributed by atoms with Gasteiger partial charge in [-0.2, -0.15) is 0 Å². The van der Waals surface area contributed by atoms with Gasteiger partial charge in [0.1, 0.15) is 11.7 Å². The summed E-state index contributed by atoms with van der Waals surface area (Å²) >= 11 is 6.44. The molecule has 2 aromatic carbocycles. The Morgan fingerprint density at radius 2 is 1.91 bits per heavy atom. The van der Waals surface area contributed by atoms with Crippen molar-refractivity contribution in [3.05, 3.63) is 47.0 Å². The number of halogens is 1. The predicted octanol–water partition coefficient (Wildman–Crippen LogP) is 4.19. The van der Waals surface area contributed by atoms with Gasteiger partial charge in [-0.15, -0.1) is 0 Å². The number of ether oxygens (including phenoxy) is 1. The minimum absolute atomic E-state index is 0.171. The van der Waals surface area contributed by atoms with E-state index in [-0.39, 0.29) is 12.4 Å². The van der Waals surface area contributed by atoms with Crippen molar-refractivity contribution in [3.63, 3.8) is 0 Å². The second-order valence-electron chi connectivity index (χ2n) is 5.21. The number of Topliss-reactive ketones (excluding diaryl/α,β-unsaturated/α-hetero) is 1. The molecule has 0 heterocycles. The van der Waals surface area contributed by atoms with E-state index in [1.165, 1.54) is 6.92 Å². The molecule has 1 unspecified atom stereocenters. The standard InChI is InChI=1S/C18H19ClO3/c1-3-22-18(21)15(12(2)20)11-10-14-9-8-13-6-4-5-7-16(13)17(14)19/h4-9,15H,3,10-11H2,1-2H3. The topological polar surface area (TPSA) is 43.4 Å². The van der Waals surface area contributed by atoms with Crippen LogP contribution in [0.15, 0.2) is 36.4 Å². The zero-order chi connectivity index (χ0) is 16.1. The Hall–Kier alpha value is -1.87. The zero-order valence-corrected chi connectivity index (χ0v) is 13.5. The highest BCUT2D eigenvalue weighted by Crippen LogP contribution is 2.28. The van der Waals surface area contributed by atoms with Crippen molar-refractivity contribution in [1.82, 2.24) is 0 Å². The van der Waals surface area contributed by atoms with E-state index in [2.05, 4.69) is 0 Å². The highest BCUT2D eigenvalue weighted by atomic mass is 35.5. The van der Waals surface area contributed by atoms with Crippen LogP contribution in [0.25, 0.3) is 10.8 Å². The Labute approximate surface area is 135 Å². The van der Waals surface area contributed by atoms with Crippen LogP contribution in [0.5, 0.6) is 0 Å². The van der Waals surface area contributed by atoms with E-state index in [0.29, 0.717) is 17.9 Å². The molecule has 0 bridgehead atoms. The minimum Gasteiger partial charge on any atom is -0.465 e. The van der Waals surface area contributed by atoms with E-state index >= 15 is 0 Å². The quantitative estimate of drug-likeness (QED) is 0.592. The Balaban J connectivity index is 2.18. The highest BCUT2D eigenvalue weighted by molar-refractivity contribution is 6.36. The summed E-state index contributed by atoms with van der Waals surface area (Å²) in [7, 11) is 0. The van der Waals surface area contributed by atoms with Crippen molar-refractivity contribution in [3.8, 4) is 0 Å². The molecule has 0 saturated carbocycles. The van der Waals surface area contributed by atoms with E-state index < -0.39 is 11.9 Å². The molecule has 22 heavy (non-hydrogen) atoms. The van der Waals surface area contributed by atoms with E-state index in [0.717, 1.165) is 16.3 Å². The molecule has 0 aromatic heterocycles. The summed E-state index contributed by atoms with van der Waals surface area (Å²) in [5.41, 5.74) is 0.941. The lowest BCUT2D eigenvalue weighted by molar-refractivity contribution is -0.151. The number of carbonyl (C=O) groups is 2. The molecule has 0 spiro atoms. The van der Waals surface area contributed by atoms with Crippen LogP contribution in [-0.2, 0) is 20.7 Å². The summed E-state index contributed by atoms with van der Waals surface area (Å²) in [5.74, 6) is -1.34. The third-order valence-corrected chi connectivity index (χ3v) is 4.15. The smallest absolute Gasteiger partial charge is 0.316 e. The summed E-state index contributed by atoms with van der Waals surface area (Å²) in [6, 6.07) is 11.8. The minimum atomic E-state index is -0.720. The monoisotopic (exact) mass is 318 g/mol. The average Bonchev–Trinajstić information content (AvgIpc) is 2.50. The fourth-order valence-corrected chi connectivity index (χ4v) is 2.83. The lowest BCUT2D eigenvalue weighted by Gasteiger charge is -2.13. The maximum Gasteiger partial charge on any atom is 0.316 e. The molecule has 2 aromatic rings. The molecule has 0 saturated heterocycles. The van der Waals surface area contributed by atoms with Gasteiger partial charge in [0, 0.05) is 5.39 Å². The first-order valence-corrected chi connectivity index (χ1v) is 7.75. The summed E-state index contributed by atoms with van der Waals surface area (Å²) < 4.78 is 4.96. The largest absolute Gasteiger partial charge is 0.465 e. The lowest BCUT2D eigenvalue weighted by Crippen LogP contribution is -2.25. The van der Waals surface area contributed by atoms with Gasteiger partial charge >= 0.3 is 5.97 Å². The molecule has 0 aliphatic rings. The molecule has 2 rings (SSSR count). The van der Waals surface area contributed by atoms with Crippen LogP contribution in [-0.4, -0.2) is 18.4 Å². The molecular weight excluding hydrogens is 300 g/mol. The van der Waals surface area contributed by atoms with E-state index in [1.807, 2.05) is 36.4 Å². The summed E-state index contributed by atoms with van der Waals surface area (Å²) in [5, 5.41) is 2.74. The predicted molar refractivity (Wildman–Crippen MR) is 88.1 cm³/mol. The van der Waals surface area contributed by atoms with Gasteiger partial charge in [-0.1, -0.05) is 48.0 Å². The van der Waals surface area contributed by atoms with Gasteiger partial charge in [0.05, 0.1) is 11.6 Å². The molecular formula is C18H19ClO3. The van der Waals surface area contributed by atoms with Crippen LogP contribution >= 0.6 is 11.6 Å². The molecule has 0 aliphatic carbocycles. The fourth-order valence-electron chi connectivity index (χ4n) is 2.50. The first-order chi connectivity index (χ1) is 10.5. The number of hydrogen-bond donors (Lipinski definition) is 0. The second-order valence-corrected chi connectivity index (χ2v) is 5.59. The van der Waals surface area contributed by atoms with Gasteiger partial charge in [0.15, 0.2) is 0 Å². The molecule has 0 N–H and O–H groups in total. The number of esters is 1. The van der Waals surface area contributed by atoms with Crippen molar-refractivity contribution in [2.24, 2.45) is 5.92 Å². The number of benzene rings is 2. The van der Waals surface area contributed by atoms with Crippen molar-refractivity contribution in [1.29, 1.82) is 0 Å². The number of fused-ring (bicyclic) bond motifs is 1. The summed E-state index contributed by atoms with van der Waals surface area (Å²) in [6.07, 6.45) is 0.971. The molecule has 4 heteroatoms. The first-order valence-electron chi connectivity index (χ1n) is 7.37. The highest BCUT2D eigenvalue weighted by Gasteiger charge is 2.24. The SMILES string of the molecule is CCOC(=O)C(CCc1ccc2ccccc2c1Cl)C(C)=O. The molecule has 0 aliphatic heterocycles. The van der Waals surface area contributed by atoms with Crippen LogP contribution < -0.4 is 0 Å². The van der Waals surface area contributed by atoms with Crippen LogP contribution in [0.4, 0.5) is 0 Å². The molecule has 1 atom stereocenters. The first kappa shape index (κ1) is 16.5. The third-order valence-electron chi connectivity index (χ3n) is 3.71. The lowest BCUT2D eigenvalue weighted by atomic mass is 9.95. The fraction of sp³-hybridized carbons (Fsp3) is 0.333. The Kier molecular flexibility index (Phi) is 5.56. The van der Waals surface area contributed by atoms with E-state index in [4.69, 9.17) is 16.3 Å². The molecule has 0 fully saturated rings. The van der Waals surface area contributed by atoms with Crippen LogP contribution in [0.3, 0.4) is 0 Å². The van der Waals surface area contributed by atoms with Gasteiger partial charge in [-0.05, 0) is 37.6 Å². The zero-order valence-electron chi connectivity index (χ0n) is 12.8. The number of carbonyl (C=O) groups excluding carboxylic acids is 2. The Morgan fingerprint density at radius 1 is 1.18 bits per heavy atom. The third kappa shape index (κ3) is 3.66. The summed E-state index contributed by atoms with van der Waals surface area (Å²) in [4.78, 5) is 23.5. The van der Waals surface area contributed by atoms with Crippen molar-refractivity contribution in [2.75, 3.05) is 6.61 Å². The van der Waals surface area contributed by atoms with E-state index in [9.17, 15) is 9.59 Å². The molecule has 3 nitrogen and oxygen atoms in total. The normalized spacial score (nSPS) is 12.1. The van der Waals surface area contributed by atoms with Crippen LogP contribution in [0.1, 0.15) is 25.8 Å². The van der Waals surface area contributed by atoms with Crippen LogP contribution in [0, 0.1) is 5.92 Å².